The minimum absolute atomic E-state index is 0. The van der Waals surface area contributed by atoms with Crippen molar-refractivity contribution in [3.63, 3.8) is 0 Å². The van der Waals surface area contributed by atoms with Crippen LogP contribution in [0, 0.1) is 46.9 Å². The molecule has 0 aromatic heterocycles. The summed E-state index contributed by atoms with van der Waals surface area (Å²) in [6.07, 6.45) is -45.3. The minimum atomic E-state index is -8.67. The smallest absolute Gasteiger partial charge is 0.331 e. The largest absolute Gasteiger partial charge is 0.460 e. The Morgan fingerprint density at radius 2 is 0.177 bits per heavy atom. The Hall–Kier alpha value is -2.17. The molecular formula is C24H3F51O3Yb. The van der Waals surface area contributed by atoms with Crippen molar-refractivity contribution in [3.05, 3.63) is 0 Å². The number of halogens is 51. The molecule has 488 valence electrons. The van der Waals surface area contributed by atoms with Crippen LogP contribution in [0.1, 0.15) is 0 Å². The molecule has 0 aromatic rings. The maximum absolute atomic E-state index is 12.8. The predicted molar refractivity (Wildman–Crippen MR) is 129 cm³/mol. The fraction of sp³-hybridized carbons (Fsp3) is 1.00. The summed E-state index contributed by atoms with van der Waals surface area (Å²) in [4.78, 5) is 0. The van der Waals surface area contributed by atoms with Gasteiger partial charge in [0.2, 0.25) is 0 Å². The molecule has 79 heavy (non-hydrogen) atoms. The number of hydrogen-bond donors (Lipinski definition) is 3. The maximum Gasteiger partial charge on any atom is 0.460 e. The Kier molecular flexibility index (Phi) is 22.3. The van der Waals surface area contributed by atoms with Crippen molar-refractivity contribution >= 4 is 0 Å². The Morgan fingerprint density at radius 1 is 0.114 bits per heavy atom. The van der Waals surface area contributed by atoms with E-state index in [1.807, 2.05) is 0 Å². The van der Waals surface area contributed by atoms with Gasteiger partial charge in [0.15, 0.2) is 0 Å². The molecule has 0 aliphatic carbocycles. The molecule has 0 bridgehead atoms. The molecule has 3 N–H and O–H groups in total. The molecule has 3 nitrogen and oxygen atoms in total. The van der Waals surface area contributed by atoms with Gasteiger partial charge in [-0.05, 0) is 0 Å². The molecular weight excluding hydrogens is 1480 g/mol. The first-order valence-corrected chi connectivity index (χ1v) is 15.6. The molecule has 0 radical (unpaired) electrons. The average molecular weight is 1480 g/mol. The number of aliphatic hydroxyl groups is 3. The summed E-state index contributed by atoms with van der Waals surface area (Å²) in [5.74, 6) is -151. The summed E-state index contributed by atoms with van der Waals surface area (Å²) < 4.78 is 631. The van der Waals surface area contributed by atoms with Gasteiger partial charge in [-0.15, -0.1) is 0 Å². The minimum Gasteiger partial charge on any atom is -0.331 e. The second-order valence-corrected chi connectivity index (χ2v) is 13.5. The fourth-order valence-corrected chi connectivity index (χ4v) is 3.47. The normalized spacial score (nSPS) is 16.6. The third kappa shape index (κ3) is 11.8. The SMILES string of the molecule is OC(F)(F)C(F)(F)C(F)(F)C(F)(F)C(F)(F)C(F)(F)C(F)(F)C(F)(F)F.OC(F)(F)C(F)(F)C(F)(F)C(F)(F)C(F)(F)C(F)(F)C(F)(F)C(F)(F)F.OC(F)(F)C(F)(F)C(F)(F)C(F)(F)C(F)(F)C(F)(F)C(F)(F)C(F)(F)F.[Yb]. The van der Waals surface area contributed by atoms with Gasteiger partial charge in [0, 0.05) is 46.9 Å². The van der Waals surface area contributed by atoms with Crippen LogP contribution in [0.15, 0.2) is 0 Å². The molecule has 0 spiro atoms. The third-order valence-corrected chi connectivity index (χ3v) is 8.12. The molecule has 0 saturated heterocycles. The molecule has 0 aliphatic heterocycles. The van der Waals surface area contributed by atoms with Crippen LogP contribution >= 0.6 is 0 Å². The first-order valence-electron chi connectivity index (χ1n) is 15.6. The summed E-state index contributed by atoms with van der Waals surface area (Å²) in [7, 11) is 0. The first kappa shape index (κ1) is 83.3. The Morgan fingerprint density at radius 3 is 0.241 bits per heavy atom. The molecule has 55 heteroatoms. The van der Waals surface area contributed by atoms with Crippen LogP contribution in [0.25, 0.3) is 0 Å². The van der Waals surface area contributed by atoms with Crippen molar-refractivity contribution in [3.8, 4) is 0 Å². The summed E-state index contributed by atoms with van der Waals surface area (Å²) in [6, 6.07) is 0. The zero-order chi connectivity index (χ0) is 66.0. The van der Waals surface area contributed by atoms with Gasteiger partial charge in [0.1, 0.15) is 0 Å². The molecule has 0 unspecified atom stereocenters. The molecule has 0 atom stereocenters. The van der Waals surface area contributed by atoms with Crippen LogP contribution in [-0.4, -0.2) is 159 Å². The fourth-order valence-electron chi connectivity index (χ4n) is 3.47. The van der Waals surface area contributed by atoms with E-state index in [1.54, 1.807) is 0 Å². The van der Waals surface area contributed by atoms with Crippen LogP contribution in [-0.2, 0) is 0 Å². The maximum atomic E-state index is 12.8. The molecule has 0 fully saturated rings. The van der Waals surface area contributed by atoms with Crippen LogP contribution in [0.3, 0.4) is 0 Å². The van der Waals surface area contributed by atoms with Crippen LogP contribution in [0.4, 0.5) is 224 Å². The second-order valence-electron chi connectivity index (χ2n) is 13.5. The summed E-state index contributed by atoms with van der Waals surface area (Å²) in [5.41, 5.74) is 0. The van der Waals surface area contributed by atoms with Crippen molar-refractivity contribution in [1.82, 2.24) is 0 Å². The van der Waals surface area contributed by atoms with Crippen molar-refractivity contribution in [1.29, 1.82) is 0 Å². The molecule has 0 aromatic carbocycles. The first-order chi connectivity index (χ1) is 32.2. The standard InChI is InChI=1S/3C8HF17O.Yb/c3*9-1(10,3(13,14)5(17,18)7(21,22)23)2(11,12)4(15,16)6(19,20)8(24,25)26;/h3*26H;. The van der Waals surface area contributed by atoms with Crippen molar-refractivity contribution in [2.24, 2.45) is 0 Å². The van der Waals surface area contributed by atoms with Gasteiger partial charge in [0.25, 0.3) is 0 Å². The van der Waals surface area contributed by atoms with Crippen molar-refractivity contribution < 1.29 is 286 Å². The molecule has 0 amide bonds. The van der Waals surface area contributed by atoms with Gasteiger partial charge in [-0.3, -0.25) is 0 Å². The zero-order valence-electron chi connectivity index (χ0n) is 32.9. The van der Waals surface area contributed by atoms with E-state index in [-0.39, 0.29) is 46.9 Å². The molecule has 0 heterocycles. The molecule has 0 rings (SSSR count). The van der Waals surface area contributed by atoms with E-state index in [0.717, 1.165) is 0 Å². The third-order valence-electron chi connectivity index (χ3n) is 8.12. The van der Waals surface area contributed by atoms with Gasteiger partial charge >= 0.3 is 143 Å². The van der Waals surface area contributed by atoms with E-state index < -0.39 is 143 Å². The Labute approximate surface area is 429 Å². The summed E-state index contributed by atoms with van der Waals surface area (Å²) >= 11 is 0. The average Bonchev–Trinajstić information content (AvgIpc) is 3.14. The van der Waals surface area contributed by atoms with Gasteiger partial charge in [0.05, 0.1) is 0 Å². The number of alkyl halides is 51. The van der Waals surface area contributed by atoms with E-state index >= 15 is 0 Å². The van der Waals surface area contributed by atoms with E-state index in [2.05, 4.69) is 0 Å². The Balaban J connectivity index is -0.000000531. The predicted octanol–water partition coefficient (Wildman–Crippen LogP) is 14.8. The van der Waals surface area contributed by atoms with Gasteiger partial charge in [-0.2, -0.15) is 224 Å². The van der Waals surface area contributed by atoms with Crippen LogP contribution in [0.2, 0.25) is 0 Å². The topological polar surface area (TPSA) is 60.7 Å². The summed E-state index contributed by atoms with van der Waals surface area (Å²) in [6.45, 7) is 0. The van der Waals surface area contributed by atoms with Crippen molar-refractivity contribution in [2.75, 3.05) is 0 Å². The van der Waals surface area contributed by atoms with Gasteiger partial charge < -0.3 is 15.3 Å². The monoisotopic (exact) mass is 1480 g/mol. The number of rotatable bonds is 18. The zero-order valence-corrected chi connectivity index (χ0v) is 34.6. The van der Waals surface area contributed by atoms with Gasteiger partial charge in [-0.25, -0.2) is 0 Å². The van der Waals surface area contributed by atoms with Crippen LogP contribution in [0.5, 0.6) is 0 Å². The van der Waals surface area contributed by atoms with E-state index in [9.17, 15) is 224 Å². The number of hydrogen-bond acceptors (Lipinski definition) is 3. The summed E-state index contributed by atoms with van der Waals surface area (Å²) in [5, 5.41) is 22.0. The molecule has 0 aliphatic rings. The van der Waals surface area contributed by atoms with E-state index in [1.165, 1.54) is 0 Å². The molecule has 0 saturated carbocycles. The second kappa shape index (κ2) is 21.1. The van der Waals surface area contributed by atoms with Crippen LogP contribution < -0.4 is 0 Å². The van der Waals surface area contributed by atoms with E-state index in [0.29, 0.717) is 0 Å². The van der Waals surface area contributed by atoms with Crippen molar-refractivity contribution in [2.45, 2.75) is 143 Å². The van der Waals surface area contributed by atoms with Gasteiger partial charge in [-0.1, -0.05) is 0 Å². The quantitative estimate of drug-likeness (QED) is 0.120. The van der Waals surface area contributed by atoms with E-state index in [4.69, 9.17) is 15.3 Å². The Bertz CT molecular complexity index is 1660.